The van der Waals surface area contributed by atoms with Gasteiger partial charge in [0.25, 0.3) is 5.91 Å². The normalized spacial score (nSPS) is 20.2. The van der Waals surface area contributed by atoms with Crippen LogP contribution in [0.2, 0.25) is 0 Å². The Morgan fingerprint density at radius 2 is 2.12 bits per heavy atom. The maximum atomic E-state index is 12.1. The van der Waals surface area contributed by atoms with E-state index in [4.69, 9.17) is 21.1 Å². The summed E-state index contributed by atoms with van der Waals surface area (Å²) in [5.74, 6) is -0.416. The molecule has 1 aliphatic rings. The van der Waals surface area contributed by atoms with Gasteiger partial charge in [0.05, 0.1) is 11.1 Å². The zero-order valence-corrected chi connectivity index (χ0v) is 15.4. The molecule has 134 valence electrons. The lowest BCUT2D eigenvalue weighted by Crippen LogP contribution is -2.40. The first-order valence-corrected chi connectivity index (χ1v) is 9.22. The van der Waals surface area contributed by atoms with Gasteiger partial charge in [-0.25, -0.2) is 0 Å². The molecular formula is C15H20ClNO6S. The first-order chi connectivity index (χ1) is 11.0. The second-order valence-electron chi connectivity index (χ2n) is 6.00. The number of fused-ring (bicyclic) bond motifs is 1. The largest absolute Gasteiger partial charge is 0.464 e. The molecule has 2 unspecified atom stereocenters. The number of anilines is 1. The molecule has 1 aromatic carbocycles. The van der Waals surface area contributed by atoms with Crippen molar-refractivity contribution in [2.75, 3.05) is 10.9 Å². The van der Waals surface area contributed by atoms with Gasteiger partial charge in [-0.1, -0.05) is 0 Å². The topological polar surface area (TPSA) is 93.1 Å². The third-order valence-corrected chi connectivity index (χ3v) is 4.84. The van der Waals surface area contributed by atoms with Crippen LogP contribution in [0.5, 0.6) is 5.75 Å². The highest BCUT2D eigenvalue weighted by molar-refractivity contribution is 7.88. The second kappa shape index (κ2) is 6.51. The third-order valence-electron chi connectivity index (χ3n) is 3.80. The van der Waals surface area contributed by atoms with E-state index in [1.54, 1.807) is 0 Å². The van der Waals surface area contributed by atoms with Crippen molar-refractivity contribution in [3.8, 4) is 5.75 Å². The summed E-state index contributed by atoms with van der Waals surface area (Å²) >= 11 is 5.71. The molecule has 0 spiro atoms. The van der Waals surface area contributed by atoms with Crippen molar-refractivity contribution in [2.24, 2.45) is 0 Å². The lowest BCUT2D eigenvalue weighted by atomic mass is 9.85. The van der Waals surface area contributed by atoms with E-state index < -0.39 is 33.3 Å². The van der Waals surface area contributed by atoms with Crippen molar-refractivity contribution < 1.29 is 27.2 Å². The van der Waals surface area contributed by atoms with Gasteiger partial charge in [0, 0.05) is 12.2 Å². The standard InChI is InChI=1S/C15H20ClNO6S/c1-5-22-14-15(3,4)11-8-10(6-7-12(11)23-14)17(24(19,20)21)13(18)9(2)16/h6-9,14H,5H2,1-4H3,(H,19,20,21). The highest BCUT2D eigenvalue weighted by atomic mass is 35.5. The highest BCUT2D eigenvalue weighted by Gasteiger charge is 2.43. The van der Waals surface area contributed by atoms with Gasteiger partial charge < -0.3 is 9.47 Å². The van der Waals surface area contributed by atoms with E-state index in [2.05, 4.69) is 0 Å². The predicted molar refractivity (Wildman–Crippen MR) is 89.9 cm³/mol. The van der Waals surface area contributed by atoms with Crippen LogP contribution in [-0.2, 0) is 25.3 Å². The quantitative estimate of drug-likeness (QED) is 0.626. The van der Waals surface area contributed by atoms with Crippen LogP contribution in [0.25, 0.3) is 0 Å². The number of benzene rings is 1. The summed E-state index contributed by atoms with van der Waals surface area (Å²) in [5, 5.41) is -1.12. The number of nitrogens with zero attached hydrogens (tertiary/aromatic N) is 1. The molecule has 0 saturated carbocycles. The number of carbonyl (C=O) groups is 1. The summed E-state index contributed by atoms with van der Waals surface area (Å²) < 4.78 is 44.3. The average molecular weight is 378 g/mol. The molecule has 0 aliphatic carbocycles. The van der Waals surface area contributed by atoms with Gasteiger partial charge in [-0.3, -0.25) is 9.35 Å². The van der Waals surface area contributed by atoms with Crippen LogP contribution in [0.15, 0.2) is 18.2 Å². The van der Waals surface area contributed by atoms with E-state index in [0.29, 0.717) is 17.9 Å². The zero-order valence-electron chi connectivity index (χ0n) is 13.8. The Morgan fingerprint density at radius 1 is 1.50 bits per heavy atom. The molecule has 0 fully saturated rings. The van der Waals surface area contributed by atoms with E-state index >= 15 is 0 Å². The molecule has 1 aromatic rings. The minimum absolute atomic E-state index is 0.0115. The summed E-state index contributed by atoms with van der Waals surface area (Å²) in [7, 11) is -4.81. The Hall–Kier alpha value is -1.35. The molecule has 2 rings (SSSR count). The molecule has 0 radical (unpaired) electrons. The molecule has 24 heavy (non-hydrogen) atoms. The van der Waals surface area contributed by atoms with Crippen molar-refractivity contribution in [2.45, 2.75) is 44.8 Å². The van der Waals surface area contributed by atoms with Crippen molar-refractivity contribution in [3.05, 3.63) is 23.8 Å². The van der Waals surface area contributed by atoms with Crippen molar-refractivity contribution in [1.82, 2.24) is 0 Å². The summed E-state index contributed by atoms with van der Waals surface area (Å²) in [5.41, 5.74) is 0.0895. The SMILES string of the molecule is CCOC1Oc2ccc(N(C(=O)C(C)Cl)S(=O)(=O)O)cc2C1(C)C. The van der Waals surface area contributed by atoms with Crippen molar-refractivity contribution in [3.63, 3.8) is 0 Å². The number of hydrogen-bond acceptors (Lipinski definition) is 5. The van der Waals surface area contributed by atoms with Crippen LogP contribution >= 0.6 is 11.6 Å². The van der Waals surface area contributed by atoms with E-state index in [0.717, 1.165) is 0 Å². The molecule has 2 atom stereocenters. The fourth-order valence-electron chi connectivity index (χ4n) is 2.57. The monoisotopic (exact) mass is 377 g/mol. The highest BCUT2D eigenvalue weighted by Crippen LogP contribution is 2.45. The molecule has 1 aliphatic heterocycles. The van der Waals surface area contributed by atoms with E-state index in [1.165, 1.54) is 25.1 Å². The number of rotatable bonds is 5. The van der Waals surface area contributed by atoms with Crippen LogP contribution in [0.1, 0.15) is 33.3 Å². The number of alkyl halides is 1. The summed E-state index contributed by atoms with van der Waals surface area (Å²) in [6.45, 7) is 7.38. The van der Waals surface area contributed by atoms with Crippen LogP contribution < -0.4 is 9.04 Å². The van der Waals surface area contributed by atoms with Gasteiger partial charge in [-0.2, -0.15) is 12.7 Å². The Kier molecular flexibility index (Phi) is 5.15. The molecule has 9 heteroatoms. The molecule has 0 bridgehead atoms. The molecule has 1 N–H and O–H groups in total. The Morgan fingerprint density at radius 3 is 2.62 bits per heavy atom. The number of carbonyl (C=O) groups excluding carboxylic acids is 1. The minimum atomic E-state index is -4.81. The number of halogens is 1. The summed E-state index contributed by atoms with van der Waals surface area (Å²) in [4.78, 5) is 12.1. The van der Waals surface area contributed by atoms with E-state index in [9.17, 15) is 17.8 Å². The fraction of sp³-hybridized carbons (Fsp3) is 0.533. The van der Waals surface area contributed by atoms with Gasteiger partial charge in [0.1, 0.15) is 11.1 Å². The third kappa shape index (κ3) is 3.37. The predicted octanol–water partition coefficient (Wildman–Crippen LogP) is 2.48. The molecular weight excluding hydrogens is 358 g/mol. The second-order valence-corrected chi connectivity index (χ2v) is 7.92. The Bertz CT molecular complexity index is 746. The van der Waals surface area contributed by atoms with Crippen LogP contribution in [0, 0.1) is 0 Å². The zero-order chi connectivity index (χ0) is 18.3. The summed E-state index contributed by atoms with van der Waals surface area (Å²) in [6, 6.07) is 4.39. The van der Waals surface area contributed by atoms with E-state index in [-0.39, 0.29) is 9.99 Å². The van der Waals surface area contributed by atoms with Gasteiger partial charge in [-0.15, -0.1) is 11.6 Å². The van der Waals surface area contributed by atoms with Crippen LogP contribution in [0.3, 0.4) is 0 Å². The lowest BCUT2D eigenvalue weighted by molar-refractivity contribution is -0.116. The van der Waals surface area contributed by atoms with Gasteiger partial charge in [0.15, 0.2) is 0 Å². The molecule has 7 nitrogen and oxygen atoms in total. The average Bonchev–Trinajstić information content (AvgIpc) is 2.69. The van der Waals surface area contributed by atoms with E-state index in [1.807, 2.05) is 20.8 Å². The number of hydrogen-bond donors (Lipinski definition) is 1. The van der Waals surface area contributed by atoms with Gasteiger partial charge >= 0.3 is 10.3 Å². The smallest absolute Gasteiger partial charge is 0.366 e. The first-order valence-electron chi connectivity index (χ1n) is 7.38. The van der Waals surface area contributed by atoms with Gasteiger partial charge in [-0.05, 0) is 45.9 Å². The van der Waals surface area contributed by atoms with Crippen LogP contribution in [0.4, 0.5) is 5.69 Å². The molecule has 1 amide bonds. The minimum Gasteiger partial charge on any atom is -0.464 e. The van der Waals surface area contributed by atoms with Crippen LogP contribution in [-0.4, -0.2) is 37.2 Å². The maximum Gasteiger partial charge on any atom is 0.366 e. The Labute approximate surface area is 146 Å². The lowest BCUT2D eigenvalue weighted by Gasteiger charge is -2.26. The molecule has 0 saturated heterocycles. The maximum absolute atomic E-state index is 12.1. The van der Waals surface area contributed by atoms with Crippen molar-refractivity contribution >= 4 is 33.5 Å². The first kappa shape index (κ1) is 19.0. The summed E-state index contributed by atoms with van der Waals surface area (Å²) in [6.07, 6.45) is -0.533. The molecule has 0 aromatic heterocycles. The fourth-order valence-corrected chi connectivity index (χ4v) is 3.49. The Balaban J connectivity index is 2.52. The molecule has 1 heterocycles. The number of amides is 1. The number of ether oxygens (including phenoxy) is 2. The van der Waals surface area contributed by atoms with Gasteiger partial charge in [0.2, 0.25) is 6.29 Å². The van der Waals surface area contributed by atoms with Crippen molar-refractivity contribution in [1.29, 1.82) is 0 Å².